The van der Waals surface area contributed by atoms with Crippen LogP contribution >= 0.6 is 0 Å². The van der Waals surface area contributed by atoms with Gasteiger partial charge < -0.3 is 10.2 Å². The number of hydrogen-bond acceptors (Lipinski definition) is 2. The summed E-state index contributed by atoms with van der Waals surface area (Å²) < 4.78 is 0. The Bertz CT molecular complexity index is 139. The van der Waals surface area contributed by atoms with Crippen molar-refractivity contribution in [3.05, 3.63) is 0 Å². The Labute approximate surface area is 75.3 Å². The molecule has 0 spiro atoms. The smallest absolute Gasteiger partial charge is 0.0125 e. The lowest BCUT2D eigenvalue weighted by Gasteiger charge is -2.24. The molecule has 1 N–H and O–H groups in total. The number of nitrogens with zero attached hydrogens (tertiary/aromatic N) is 1. The molecule has 0 aromatic carbocycles. The highest BCUT2D eigenvalue weighted by Gasteiger charge is 2.37. The van der Waals surface area contributed by atoms with Crippen LogP contribution in [-0.4, -0.2) is 37.1 Å². The average Bonchev–Trinajstić information content (AvgIpc) is 2.65. The zero-order chi connectivity index (χ0) is 8.39. The summed E-state index contributed by atoms with van der Waals surface area (Å²) >= 11 is 0. The van der Waals surface area contributed by atoms with Crippen LogP contribution in [0.25, 0.3) is 0 Å². The third-order valence-corrected chi connectivity index (χ3v) is 3.13. The second-order valence-corrected chi connectivity index (χ2v) is 4.27. The first-order valence-electron chi connectivity index (χ1n) is 5.32. The molecule has 12 heavy (non-hydrogen) atoms. The highest BCUT2D eigenvalue weighted by molar-refractivity contribution is 4.92. The fourth-order valence-corrected chi connectivity index (χ4v) is 2.19. The van der Waals surface area contributed by atoms with Crippen molar-refractivity contribution in [2.24, 2.45) is 5.92 Å². The van der Waals surface area contributed by atoms with Gasteiger partial charge in [0.25, 0.3) is 0 Å². The summed E-state index contributed by atoms with van der Waals surface area (Å²) in [7, 11) is 0. The third-order valence-electron chi connectivity index (χ3n) is 3.13. The summed E-state index contributed by atoms with van der Waals surface area (Å²) in [6.45, 7) is 7.46. The van der Waals surface area contributed by atoms with Crippen molar-refractivity contribution in [2.75, 3.05) is 26.2 Å². The number of nitrogens with one attached hydrogen (secondary N) is 1. The van der Waals surface area contributed by atoms with Crippen molar-refractivity contribution < 1.29 is 0 Å². The molecule has 70 valence electrons. The van der Waals surface area contributed by atoms with Gasteiger partial charge in [0.1, 0.15) is 0 Å². The van der Waals surface area contributed by atoms with Crippen molar-refractivity contribution in [2.45, 2.75) is 32.2 Å². The largest absolute Gasteiger partial charge is 0.317 e. The molecule has 0 amide bonds. The molecule has 0 radical (unpaired) electrons. The first-order valence-corrected chi connectivity index (χ1v) is 5.32. The molecule has 1 aliphatic carbocycles. The van der Waals surface area contributed by atoms with Crippen molar-refractivity contribution in [3.8, 4) is 0 Å². The Kier molecular flexibility index (Phi) is 2.66. The quantitative estimate of drug-likeness (QED) is 0.630. The predicted molar refractivity (Wildman–Crippen MR) is 51.2 cm³/mol. The summed E-state index contributed by atoms with van der Waals surface area (Å²) in [5, 5.41) is 3.45. The Morgan fingerprint density at radius 1 is 1.17 bits per heavy atom. The summed E-state index contributed by atoms with van der Waals surface area (Å²) in [5.41, 5.74) is 0. The van der Waals surface area contributed by atoms with E-state index in [1.54, 1.807) is 0 Å². The highest BCUT2D eigenvalue weighted by Crippen LogP contribution is 2.35. The Balaban J connectivity index is 1.78. The van der Waals surface area contributed by atoms with Crippen LogP contribution in [0.2, 0.25) is 0 Å². The number of hydrogen-bond donors (Lipinski definition) is 1. The van der Waals surface area contributed by atoms with Gasteiger partial charge in [-0.05, 0) is 51.4 Å². The molecule has 2 heteroatoms. The van der Waals surface area contributed by atoms with Gasteiger partial charge in [-0.2, -0.15) is 0 Å². The molecule has 0 aromatic rings. The van der Waals surface area contributed by atoms with Crippen molar-refractivity contribution in [1.29, 1.82) is 0 Å². The van der Waals surface area contributed by atoms with E-state index in [2.05, 4.69) is 17.1 Å². The summed E-state index contributed by atoms with van der Waals surface area (Å²) in [6.07, 6.45) is 4.12. The van der Waals surface area contributed by atoms with Crippen LogP contribution in [0.5, 0.6) is 0 Å². The van der Waals surface area contributed by atoms with Crippen LogP contribution in [0.15, 0.2) is 0 Å². The van der Waals surface area contributed by atoms with E-state index in [0.717, 1.165) is 12.0 Å². The van der Waals surface area contributed by atoms with E-state index in [1.165, 1.54) is 45.4 Å². The Hall–Kier alpha value is -0.0800. The lowest BCUT2D eigenvalue weighted by Crippen LogP contribution is -2.35. The minimum atomic E-state index is 0.947. The van der Waals surface area contributed by atoms with Crippen LogP contribution in [-0.2, 0) is 0 Å². The maximum atomic E-state index is 3.45. The molecule has 1 saturated heterocycles. The second-order valence-electron chi connectivity index (χ2n) is 4.27. The zero-order valence-electron chi connectivity index (χ0n) is 8.05. The van der Waals surface area contributed by atoms with Gasteiger partial charge >= 0.3 is 0 Å². The number of rotatable bonds is 1. The molecule has 2 unspecified atom stereocenters. The van der Waals surface area contributed by atoms with Crippen LogP contribution < -0.4 is 5.32 Å². The minimum Gasteiger partial charge on any atom is -0.317 e. The van der Waals surface area contributed by atoms with Gasteiger partial charge in [-0.15, -0.1) is 0 Å². The van der Waals surface area contributed by atoms with Crippen LogP contribution in [0, 0.1) is 5.92 Å². The molecule has 1 heterocycles. The topological polar surface area (TPSA) is 15.3 Å². The molecule has 1 saturated carbocycles. The van der Waals surface area contributed by atoms with Gasteiger partial charge in [-0.25, -0.2) is 0 Å². The first-order chi connectivity index (χ1) is 5.88. The van der Waals surface area contributed by atoms with Gasteiger partial charge in [-0.3, -0.25) is 0 Å². The predicted octanol–water partition coefficient (Wildman–Crippen LogP) is 1.08. The van der Waals surface area contributed by atoms with E-state index >= 15 is 0 Å². The van der Waals surface area contributed by atoms with E-state index in [1.807, 2.05) is 0 Å². The van der Waals surface area contributed by atoms with Gasteiger partial charge in [0.05, 0.1) is 0 Å². The van der Waals surface area contributed by atoms with E-state index in [0.29, 0.717) is 0 Å². The zero-order valence-corrected chi connectivity index (χ0v) is 8.05. The monoisotopic (exact) mass is 168 g/mol. The lowest BCUT2D eigenvalue weighted by atomic mass is 10.2. The van der Waals surface area contributed by atoms with E-state index in [9.17, 15) is 0 Å². The second kappa shape index (κ2) is 3.75. The van der Waals surface area contributed by atoms with Crippen molar-refractivity contribution >= 4 is 0 Å². The van der Waals surface area contributed by atoms with Crippen LogP contribution in [0.1, 0.15) is 26.2 Å². The SMILES string of the molecule is CC1CC1N1CCCNCCC1. The molecular formula is C10H20N2. The third kappa shape index (κ3) is 1.99. The van der Waals surface area contributed by atoms with Gasteiger partial charge in [-0.1, -0.05) is 6.92 Å². The highest BCUT2D eigenvalue weighted by atomic mass is 15.2. The molecular weight excluding hydrogens is 148 g/mol. The van der Waals surface area contributed by atoms with Gasteiger partial charge in [0.2, 0.25) is 0 Å². The molecule has 2 aliphatic rings. The average molecular weight is 168 g/mol. The summed E-state index contributed by atoms with van der Waals surface area (Å²) in [4.78, 5) is 2.70. The summed E-state index contributed by atoms with van der Waals surface area (Å²) in [5.74, 6) is 0.984. The molecule has 0 bridgehead atoms. The van der Waals surface area contributed by atoms with Crippen LogP contribution in [0.4, 0.5) is 0 Å². The molecule has 0 aromatic heterocycles. The minimum absolute atomic E-state index is 0.947. The molecule has 2 fully saturated rings. The van der Waals surface area contributed by atoms with E-state index in [4.69, 9.17) is 0 Å². The molecule has 2 rings (SSSR count). The maximum Gasteiger partial charge on any atom is 0.0125 e. The van der Waals surface area contributed by atoms with E-state index in [-0.39, 0.29) is 0 Å². The standard InChI is InChI=1S/C10H20N2/c1-9-8-10(9)12-6-2-4-11-5-3-7-12/h9-11H,2-8H2,1H3. The lowest BCUT2D eigenvalue weighted by molar-refractivity contribution is 0.234. The van der Waals surface area contributed by atoms with Gasteiger partial charge in [0, 0.05) is 6.04 Å². The Morgan fingerprint density at radius 2 is 1.75 bits per heavy atom. The molecule has 2 nitrogen and oxygen atoms in total. The first kappa shape index (κ1) is 8.52. The van der Waals surface area contributed by atoms with Crippen LogP contribution in [0.3, 0.4) is 0 Å². The fourth-order valence-electron chi connectivity index (χ4n) is 2.19. The van der Waals surface area contributed by atoms with Crippen molar-refractivity contribution in [1.82, 2.24) is 10.2 Å². The van der Waals surface area contributed by atoms with Crippen molar-refractivity contribution in [3.63, 3.8) is 0 Å². The normalized spacial score (nSPS) is 38.8. The maximum absolute atomic E-state index is 3.45. The van der Waals surface area contributed by atoms with E-state index < -0.39 is 0 Å². The Morgan fingerprint density at radius 3 is 2.25 bits per heavy atom. The fraction of sp³-hybridized carbons (Fsp3) is 1.00. The summed E-state index contributed by atoms with van der Waals surface area (Å²) in [6, 6.07) is 0.947. The van der Waals surface area contributed by atoms with Gasteiger partial charge in [0.15, 0.2) is 0 Å². The molecule has 1 aliphatic heterocycles. The molecule has 2 atom stereocenters.